The molecule has 0 saturated heterocycles. The van der Waals surface area contributed by atoms with Crippen LogP contribution in [0.3, 0.4) is 0 Å². The molecule has 7 nitrogen and oxygen atoms in total. The Morgan fingerprint density at radius 3 is 2.62 bits per heavy atom. The van der Waals surface area contributed by atoms with Gasteiger partial charge in [0.1, 0.15) is 0 Å². The van der Waals surface area contributed by atoms with Gasteiger partial charge >= 0.3 is 4.87 Å². The van der Waals surface area contributed by atoms with Crippen LogP contribution in [0.25, 0.3) is 0 Å². The van der Waals surface area contributed by atoms with Crippen molar-refractivity contribution in [2.45, 2.75) is 26.8 Å². The number of aromatic nitrogens is 2. The average Bonchev–Trinajstić information content (AvgIpc) is 2.82. The minimum Gasteiger partial charge on any atom is -0.354 e. The van der Waals surface area contributed by atoms with E-state index in [1.807, 2.05) is 13.8 Å². The maximum Gasteiger partial charge on any atom is 0.307 e. The molecule has 2 rings (SSSR count). The van der Waals surface area contributed by atoms with Crippen molar-refractivity contribution in [2.24, 2.45) is 0 Å². The van der Waals surface area contributed by atoms with Gasteiger partial charge in [0.2, 0.25) is 5.91 Å². The summed E-state index contributed by atoms with van der Waals surface area (Å²) in [5.74, 6) is -0.381. The second-order valence-electron chi connectivity index (χ2n) is 5.26. The Morgan fingerprint density at radius 1 is 1.25 bits per heavy atom. The largest absolute Gasteiger partial charge is 0.354 e. The van der Waals surface area contributed by atoms with E-state index < -0.39 is 0 Å². The number of carbonyl (C=O) groups excluding carboxylic acids is 2. The summed E-state index contributed by atoms with van der Waals surface area (Å²) in [6.07, 6.45) is 3.31. The summed E-state index contributed by atoms with van der Waals surface area (Å²) in [7, 11) is 0. The van der Waals surface area contributed by atoms with Crippen LogP contribution in [0.15, 0.2) is 29.3 Å². The molecule has 0 aliphatic heterocycles. The molecule has 0 bridgehead atoms. The molecule has 2 aromatic heterocycles. The van der Waals surface area contributed by atoms with Gasteiger partial charge in [-0.1, -0.05) is 11.3 Å². The van der Waals surface area contributed by atoms with Crippen molar-refractivity contribution < 1.29 is 9.59 Å². The van der Waals surface area contributed by atoms with E-state index in [2.05, 4.69) is 15.6 Å². The number of amides is 2. The first-order valence-electron chi connectivity index (χ1n) is 7.61. The maximum atomic E-state index is 11.8. The highest BCUT2D eigenvalue weighted by molar-refractivity contribution is 7.09. The van der Waals surface area contributed by atoms with Crippen LogP contribution in [0.1, 0.15) is 27.3 Å². The fourth-order valence-corrected chi connectivity index (χ4v) is 2.98. The first kappa shape index (κ1) is 17.9. The third-order valence-corrected chi connectivity index (χ3v) is 4.59. The molecule has 2 aromatic rings. The Bertz CT molecular complexity index is 767. The highest BCUT2D eigenvalue weighted by Crippen LogP contribution is 2.09. The summed E-state index contributed by atoms with van der Waals surface area (Å²) in [4.78, 5) is 40.1. The number of carbonyl (C=O) groups is 2. The van der Waals surface area contributed by atoms with Crippen molar-refractivity contribution in [3.05, 3.63) is 50.3 Å². The van der Waals surface area contributed by atoms with Crippen molar-refractivity contribution in [1.29, 1.82) is 0 Å². The number of aryl methyl sites for hydroxylation is 1. The van der Waals surface area contributed by atoms with Gasteiger partial charge < -0.3 is 15.2 Å². The van der Waals surface area contributed by atoms with E-state index in [1.165, 1.54) is 17.5 Å². The van der Waals surface area contributed by atoms with Gasteiger partial charge in [-0.3, -0.25) is 19.4 Å². The lowest BCUT2D eigenvalue weighted by molar-refractivity contribution is -0.121. The van der Waals surface area contributed by atoms with E-state index in [9.17, 15) is 14.4 Å². The number of hydrogen-bond acceptors (Lipinski definition) is 5. The first-order valence-corrected chi connectivity index (χ1v) is 8.42. The van der Waals surface area contributed by atoms with Crippen molar-refractivity contribution in [2.75, 3.05) is 13.1 Å². The summed E-state index contributed by atoms with van der Waals surface area (Å²) >= 11 is 1.19. The zero-order valence-corrected chi connectivity index (χ0v) is 14.5. The Labute approximate surface area is 143 Å². The molecule has 2 N–H and O–H groups in total. The molecule has 0 aliphatic carbocycles. The Kier molecular flexibility index (Phi) is 6.25. The molecule has 0 aromatic carbocycles. The van der Waals surface area contributed by atoms with E-state index in [0.29, 0.717) is 25.2 Å². The van der Waals surface area contributed by atoms with E-state index in [1.54, 1.807) is 22.9 Å². The van der Waals surface area contributed by atoms with Gasteiger partial charge in [-0.2, -0.15) is 0 Å². The maximum absolute atomic E-state index is 11.8. The van der Waals surface area contributed by atoms with Crippen molar-refractivity contribution >= 4 is 23.2 Å². The van der Waals surface area contributed by atoms with E-state index in [0.717, 1.165) is 10.6 Å². The topological polar surface area (TPSA) is 93.1 Å². The first-order chi connectivity index (χ1) is 11.5. The van der Waals surface area contributed by atoms with Crippen LogP contribution in [0.2, 0.25) is 0 Å². The summed E-state index contributed by atoms with van der Waals surface area (Å²) < 4.78 is 1.61. The second-order valence-corrected chi connectivity index (χ2v) is 6.42. The highest BCUT2D eigenvalue weighted by Gasteiger charge is 2.09. The van der Waals surface area contributed by atoms with Gasteiger partial charge in [-0.05, 0) is 26.0 Å². The summed E-state index contributed by atoms with van der Waals surface area (Å²) in [5, 5.41) is 5.43. The SMILES string of the molecule is Cc1sc(=O)n(CCC(=O)NCCNC(=O)c2cccnc2)c1C. The molecule has 0 radical (unpaired) electrons. The van der Waals surface area contributed by atoms with Crippen LogP contribution in [-0.2, 0) is 11.3 Å². The Hall–Kier alpha value is -2.48. The lowest BCUT2D eigenvalue weighted by Gasteiger charge is -2.08. The number of rotatable bonds is 7. The molecule has 2 amide bonds. The number of nitrogens with one attached hydrogen (secondary N) is 2. The lowest BCUT2D eigenvalue weighted by Crippen LogP contribution is -2.35. The molecule has 0 fully saturated rings. The van der Waals surface area contributed by atoms with E-state index >= 15 is 0 Å². The summed E-state index contributed by atoms with van der Waals surface area (Å²) in [6, 6.07) is 3.36. The zero-order valence-electron chi connectivity index (χ0n) is 13.7. The molecule has 2 heterocycles. The molecule has 24 heavy (non-hydrogen) atoms. The van der Waals surface area contributed by atoms with Gasteiger partial charge in [0.15, 0.2) is 0 Å². The van der Waals surface area contributed by atoms with Crippen LogP contribution in [0.4, 0.5) is 0 Å². The molecule has 0 spiro atoms. The van der Waals surface area contributed by atoms with Gasteiger partial charge in [-0.25, -0.2) is 0 Å². The van der Waals surface area contributed by atoms with Crippen LogP contribution in [0, 0.1) is 13.8 Å². The van der Waals surface area contributed by atoms with Crippen molar-refractivity contribution in [3.63, 3.8) is 0 Å². The van der Waals surface area contributed by atoms with Crippen LogP contribution in [-0.4, -0.2) is 34.5 Å². The number of pyridine rings is 1. The molecule has 0 saturated carbocycles. The quantitative estimate of drug-likeness (QED) is 0.726. The predicted molar refractivity (Wildman–Crippen MR) is 92.2 cm³/mol. The highest BCUT2D eigenvalue weighted by atomic mass is 32.1. The zero-order chi connectivity index (χ0) is 17.5. The minimum absolute atomic E-state index is 0.0402. The summed E-state index contributed by atoms with van der Waals surface area (Å²) in [5.41, 5.74) is 1.38. The molecule has 128 valence electrons. The monoisotopic (exact) mass is 348 g/mol. The molecule has 0 unspecified atom stereocenters. The third-order valence-electron chi connectivity index (χ3n) is 3.59. The molecule has 0 aliphatic rings. The predicted octanol–water partition coefficient (Wildman–Crippen LogP) is 0.858. The van der Waals surface area contributed by atoms with Crippen LogP contribution in [0.5, 0.6) is 0 Å². The lowest BCUT2D eigenvalue weighted by atomic mass is 10.3. The Balaban J connectivity index is 1.68. The smallest absolute Gasteiger partial charge is 0.307 e. The Morgan fingerprint density at radius 2 is 2.00 bits per heavy atom. The third kappa shape index (κ3) is 4.76. The normalized spacial score (nSPS) is 10.4. The van der Waals surface area contributed by atoms with Crippen LogP contribution < -0.4 is 15.5 Å². The molecular weight excluding hydrogens is 328 g/mol. The summed E-state index contributed by atoms with van der Waals surface area (Å²) in [6.45, 7) is 4.79. The second kappa shape index (κ2) is 8.39. The average molecular weight is 348 g/mol. The van der Waals surface area contributed by atoms with Gasteiger partial charge in [0.25, 0.3) is 5.91 Å². The fourth-order valence-electron chi connectivity index (χ4n) is 2.12. The number of thiazole rings is 1. The van der Waals surface area contributed by atoms with Gasteiger partial charge in [0, 0.05) is 49.0 Å². The number of nitrogens with zero attached hydrogens (tertiary/aromatic N) is 2. The van der Waals surface area contributed by atoms with Crippen molar-refractivity contribution in [3.8, 4) is 0 Å². The fraction of sp³-hybridized carbons (Fsp3) is 0.375. The minimum atomic E-state index is -0.228. The number of hydrogen-bond donors (Lipinski definition) is 2. The van der Waals surface area contributed by atoms with E-state index in [4.69, 9.17) is 0 Å². The molecule has 8 heteroatoms. The standard InChI is InChI=1S/C16H20N4O3S/c1-11-12(2)24-16(23)20(11)9-5-14(21)18-7-8-19-15(22)13-4-3-6-17-10-13/h3-4,6,10H,5,7-9H2,1-2H3,(H,18,21)(H,19,22). The van der Waals surface area contributed by atoms with Gasteiger partial charge in [-0.15, -0.1) is 0 Å². The molecule has 0 atom stereocenters. The van der Waals surface area contributed by atoms with Crippen molar-refractivity contribution in [1.82, 2.24) is 20.2 Å². The van der Waals surface area contributed by atoms with E-state index in [-0.39, 0.29) is 23.1 Å². The van der Waals surface area contributed by atoms with Crippen LogP contribution >= 0.6 is 11.3 Å². The molecular formula is C16H20N4O3S. The van der Waals surface area contributed by atoms with Gasteiger partial charge in [0.05, 0.1) is 5.56 Å².